The van der Waals surface area contributed by atoms with Crippen molar-refractivity contribution in [2.45, 2.75) is 26.3 Å². The highest BCUT2D eigenvalue weighted by Gasteiger charge is 2.32. The Morgan fingerprint density at radius 2 is 2.00 bits per heavy atom. The van der Waals surface area contributed by atoms with Crippen LogP contribution in [0.2, 0.25) is 0 Å². The normalized spacial score (nSPS) is 17.3. The molecule has 0 aromatic carbocycles. The van der Waals surface area contributed by atoms with Gasteiger partial charge in [-0.2, -0.15) is 5.26 Å². The first kappa shape index (κ1) is 13.9. The molecule has 1 aliphatic heterocycles. The van der Waals surface area contributed by atoms with Gasteiger partial charge in [0, 0.05) is 26.2 Å². The van der Waals surface area contributed by atoms with E-state index in [9.17, 15) is 4.79 Å². The average Bonchev–Trinajstić information content (AvgIpc) is 2.84. The van der Waals surface area contributed by atoms with Gasteiger partial charge < -0.3 is 4.90 Å². The fraction of sp³-hybridized carbons (Fsp3) is 0.667. The molecule has 19 heavy (non-hydrogen) atoms. The highest BCUT2D eigenvalue weighted by molar-refractivity contribution is 7.07. The number of carbonyl (C=O) groups is 1. The van der Waals surface area contributed by atoms with Crippen molar-refractivity contribution in [1.29, 1.82) is 5.26 Å². The van der Waals surface area contributed by atoms with Crippen molar-refractivity contribution in [3.05, 3.63) is 10.6 Å². The summed E-state index contributed by atoms with van der Waals surface area (Å²) < 4.78 is 3.80. The van der Waals surface area contributed by atoms with Gasteiger partial charge in [0.2, 0.25) is 0 Å². The van der Waals surface area contributed by atoms with Crippen molar-refractivity contribution in [3.8, 4) is 6.07 Å². The third-order valence-electron chi connectivity index (χ3n) is 3.48. The van der Waals surface area contributed by atoms with E-state index in [1.54, 1.807) is 6.92 Å². The van der Waals surface area contributed by atoms with E-state index in [0.29, 0.717) is 23.7 Å². The Balaban J connectivity index is 2.00. The second-order valence-electron chi connectivity index (χ2n) is 5.14. The van der Waals surface area contributed by atoms with Crippen LogP contribution in [-0.4, -0.2) is 57.0 Å². The number of aromatic nitrogens is 2. The number of aryl methyl sites for hydroxylation is 1. The van der Waals surface area contributed by atoms with Gasteiger partial charge in [-0.15, -0.1) is 5.10 Å². The maximum Gasteiger partial charge on any atom is 0.267 e. The van der Waals surface area contributed by atoms with E-state index in [0.717, 1.165) is 24.6 Å². The lowest BCUT2D eigenvalue weighted by Crippen LogP contribution is -2.55. The first-order valence-electron chi connectivity index (χ1n) is 6.20. The topological polar surface area (TPSA) is 73.1 Å². The summed E-state index contributed by atoms with van der Waals surface area (Å²) >= 11 is 1.14. The average molecular weight is 279 g/mol. The van der Waals surface area contributed by atoms with Crippen molar-refractivity contribution < 1.29 is 4.79 Å². The third kappa shape index (κ3) is 2.74. The van der Waals surface area contributed by atoms with Crippen LogP contribution in [0.15, 0.2) is 0 Å². The zero-order valence-electron chi connectivity index (χ0n) is 11.4. The quantitative estimate of drug-likeness (QED) is 0.804. The maximum atomic E-state index is 12.3. The summed E-state index contributed by atoms with van der Waals surface area (Å²) in [5.41, 5.74) is 0.215. The SMILES string of the molecule is Cc1nnsc1C(=O)N1CCN(C(C)(C)C#N)CC1. The first-order chi connectivity index (χ1) is 8.95. The van der Waals surface area contributed by atoms with Crippen LogP contribution in [0.25, 0.3) is 0 Å². The number of carbonyl (C=O) groups excluding carboxylic acids is 1. The largest absolute Gasteiger partial charge is 0.335 e. The van der Waals surface area contributed by atoms with E-state index in [-0.39, 0.29) is 5.91 Å². The minimum absolute atomic E-state index is 0.00177. The molecule has 0 saturated carbocycles. The second kappa shape index (κ2) is 5.23. The molecule has 7 heteroatoms. The minimum atomic E-state index is -0.475. The molecular weight excluding hydrogens is 262 g/mol. The van der Waals surface area contributed by atoms with Gasteiger partial charge in [-0.05, 0) is 32.3 Å². The van der Waals surface area contributed by atoms with Gasteiger partial charge in [-0.25, -0.2) is 0 Å². The van der Waals surface area contributed by atoms with Crippen LogP contribution in [-0.2, 0) is 0 Å². The zero-order chi connectivity index (χ0) is 14.0. The molecule has 0 atom stereocenters. The smallest absolute Gasteiger partial charge is 0.267 e. The van der Waals surface area contributed by atoms with Gasteiger partial charge in [-0.1, -0.05) is 4.49 Å². The van der Waals surface area contributed by atoms with Crippen LogP contribution in [0.5, 0.6) is 0 Å². The lowest BCUT2D eigenvalue weighted by molar-refractivity contribution is 0.0524. The summed E-state index contributed by atoms with van der Waals surface area (Å²) in [5.74, 6) is 0.00177. The van der Waals surface area contributed by atoms with Gasteiger partial charge in [0.05, 0.1) is 11.8 Å². The monoisotopic (exact) mass is 279 g/mol. The van der Waals surface area contributed by atoms with Gasteiger partial charge in [0.25, 0.3) is 5.91 Å². The Morgan fingerprint density at radius 1 is 1.37 bits per heavy atom. The van der Waals surface area contributed by atoms with Crippen molar-refractivity contribution in [3.63, 3.8) is 0 Å². The number of nitrogens with zero attached hydrogens (tertiary/aromatic N) is 5. The molecule has 1 aliphatic rings. The molecule has 0 radical (unpaired) electrons. The van der Waals surface area contributed by atoms with Gasteiger partial charge in [0.1, 0.15) is 10.4 Å². The molecule has 1 saturated heterocycles. The molecule has 1 aromatic heterocycles. The molecule has 0 spiro atoms. The molecule has 2 heterocycles. The van der Waals surface area contributed by atoms with Crippen LogP contribution in [0.1, 0.15) is 29.2 Å². The number of amides is 1. The number of rotatable bonds is 2. The van der Waals surface area contributed by atoms with Gasteiger partial charge in [-0.3, -0.25) is 9.69 Å². The molecule has 102 valence electrons. The lowest BCUT2D eigenvalue weighted by atomic mass is 10.0. The number of nitriles is 1. The van der Waals surface area contributed by atoms with Crippen LogP contribution in [0.4, 0.5) is 0 Å². The summed E-state index contributed by atoms with van der Waals surface area (Å²) in [4.78, 5) is 16.8. The Hall–Kier alpha value is -1.52. The molecule has 0 bridgehead atoms. The molecule has 6 nitrogen and oxygen atoms in total. The highest BCUT2D eigenvalue weighted by atomic mass is 32.1. The van der Waals surface area contributed by atoms with E-state index >= 15 is 0 Å². The highest BCUT2D eigenvalue weighted by Crippen LogP contribution is 2.18. The molecule has 1 amide bonds. The van der Waals surface area contributed by atoms with Crippen LogP contribution < -0.4 is 0 Å². The Labute approximate surface area is 116 Å². The van der Waals surface area contributed by atoms with E-state index in [4.69, 9.17) is 5.26 Å². The summed E-state index contributed by atoms with van der Waals surface area (Å²) in [7, 11) is 0. The van der Waals surface area contributed by atoms with Crippen LogP contribution in [0.3, 0.4) is 0 Å². The van der Waals surface area contributed by atoms with E-state index in [1.807, 2.05) is 18.7 Å². The standard InChI is InChI=1S/C12H17N5OS/c1-9-10(19-15-14-9)11(18)16-4-6-17(7-5-16)12(2,3)8-13/h4-7H2,1-3H3. The van der Waals surface area contributed by atoms with Crippen molar-refractivity contribution in [2.75, 3.05) is 26.2 Å². The summed E-state index contributed by atoms with van der Waals surface area (Å²) in [5, 5.41) is 13.0. The summed E-state index contributed by atoms with van der Waals surface area (Å²) in [6.45, 7) is 8.33. The maximum absolute atomic E-state index is 12.3. The molecule has 1 fully saturated rings. The molecule has 0 unspecified atom stereocenters. The van der Waals surface area contributed by atoms with Crippen LogP contribution >= 0.6 is 11.5 Å². The third-order valence-corrected chi connectivity index (χ3v) is 4.29. The fourth-order valence-corrected chi connectivity index (χ4v) is 2.74. The molecule has 0 aliphatic carbocycles. The lowest BCUT2D eigenvalue weighted by Gasteiger charge is -2.40. The Bertz CT molecular complexity index is 510. The number of hydrogen-bond acceptors (Lipinski definition) is 6. The summed E-state index contributed by atoms with van der Waals surface area (Å²) in [6.07, 6.45) is 0. The first-order valence-corrected chi connectivity index (χ1v) is 6.97. The molecule has 2 rings (SSSR count). The fourth-order valence-electron chi connectivity index (χ4n) is 2.11. The number of hydrogen-bond donors (Lipinski definition) is 0. The van der Waals surface area contributed by atoms with Crippen molar-refractivity contribution >= 4 is 17.4 Å². The van der Waals surface area contributed by atoms with Gasteiger partial charge in [0.15, 0.2) is 0 Å². The van der Waals surface area contributed by atoms with Crippen molar-refractivity contribution in [1.82, 2.24) is 19.4 Å². The predicted molar refractivity (Wildman–Crippen MR) is 71.8 cm³/mol. The van der Waals surface area contributed by atoms with E-state index in [1.165, 1.54) is 0 Å². The molecular formula is C12H17N5OS. The Morgan fingerprint density at radius 3 is 2.47 bits per heavy atom. The van der Waals surface area contributed by atoms with Gasteiger partial charge >= 0.3 is 0 Å². The predicted octanol–water partition coefficient (Wildman–Crippen LogP) is 0.907. The van der Waals surface area contributed by atoms with E-state index in [2.05, 4.69) is 20.6 Å². The number of piperazine rings is 1. The minimum Gasteiger partial charge on any atom is -0.335 e. The Kier molecular flexibility index (Phi) is 3.83. The molecule has 0 N–H and O–H groups in total. The zero-order valence-corrected chi connectivity index (χ0v) is 12.2. The second-order valence-corrected chi connectivity index (χ2v) is 5.89. The van der Waals surface area contributed by atoms with E-state index < -0.39 is 5.54 Å². The van der Waals surface area contributed by atoms with Crippen molar-refractivity contribution in [2.24, 2.45) is 0 Å². The van der Waals surface area contributed by atoms with Crippen LogP contribution in [0, 0.1) is 18.3 Å². The summed E-state index contributed by atoms with van der Waals surface area (Å²) in [6, 6.07) is 2.30. The molecule has 1 aromatic rings.